The van der Waals surface area contributed by atoms with Gasteiger partial charge in [0.1, 0.15) is 5.60 Å². The third kappa shape index (κ3) is 6.88. The lowest BCUT2D eigenvalue weighted by atomic mass is 10.2. The van der Waals surface area contributed by atoms with Gasteiger partial charge in [0.05, 0.1) is 5.56 Å². The van der Waals surface area contributed by atoms with Crippen LogP contribution >= 0.6 is 0 Å². The Hall–Kier alpha value is -2.64. The molecule has 1 aliphatic heterocycles. The molecule has 0 aromatic carbocycles. The minimum atomic E-state index is -0.566. The number of carbonyl (C=O) groups is 3. The van der Waals surface area contributed by atoms with Crippen LogP contribution in [0.25, 0.3) is 0 Å². The molecule has 0 saturated carbocycles. The minimum absolute atomic E-state index is 0.0401. The monoisotopic (exact) mass is 376 g/mol. The molecular formula is C19H28N4O4. The van der Waals surface area contributed by atoms with Gasteiger partial charge in [-0.25, -0.2) is 4.79 Å². The summed E-state index contributed by atoms with van der Waals surface area (Å²) >= 11 is 0. The van der Waals surface area contributed by atoms with E-state index in [-0.39, 0.29) is 24.8 Å². The maximum atomic E-state index is 12.5. The molecule has 1 N–H and O–H groups in total. The van der Waals surface area contributed by atoms with Crippen molar-refractivity contribution < 1.29 is 19.1 Å². The summed E-state index contributed by atoms with van der Waals surface area (Å²) in [6, 6.07) is 3.48. The van der Waals surface area contributed by atoms with E-state index in [0.717, 1.165) is 6.42 Å². The van der Waals surface area contributed by atoms with E-state index in [1.165, 1.54) is 0 Å². The number of pyridine rings is 1. The van der Waals surface area contributed by atoms with Crippen LogP contribution in [0.5, 0.6) is 0 Å². The molecule has 0 spiro atoms. The molecule has 2 rings (SSSR count). The van der Waals surface area contributed by atoms with Crippen molar-refractivity contribution in [3.05, 3.63) is 30.1 Å². The van der Waals surface area contributed by atoms with Crippen LogP contribution in [-0.2, 0) is 9.53 Å². The molecule has 1 fully saturated rings. The van der Waals surface area contributed by atoms with Crippen LogP contribution in [0.1, 0.15) is 44.0 Å². The zero-order valence-electron chi connectivity index (χ0n) is 16.2. The molecule has 8 nitrogen and oxygen atoms in total. The van der Waals surface area contributed by atoms with Gasteiger partial charge in [0, 0.05) is 51.5 Å². The number of rotatable bonds is 4. The van der Waals surface area contributed by atoms with Crippen molar-refractivity contribution in [3.63, 3.8) is 0 Å². The number of aromatic nitrogens is 1. The third-order valence-electron chi connectivity index (χ3n) is 4.05. The van der Waals surface area contributed by atoms with E-state index >= 15 is 0 Å². The lowest BCUT2D eigenvalue weighted by Crippen LogP contribution is -2.39. The fourth-order valence-corrected chi connectivity index (χ4v) is 2.79. The summed E-state index contributed by atoms with van der Waals surface area (Å²) in [4.78, 5) is 44.0. The average molecular weight is 376 g/mol. The number of alkyl carbamates (subject to hydrolysis) is 1. The molecule has 1 aromatic heterocycles. The molecule has 1 saturated heterocycles. The molecule has 3 amide bonds. The van der Waals surface area contributed by atoms with Crippen LogP contribution < -0.4 is 5.32 Å². The fraction of sp³-hybridized carbons (Fsp3) is 0.579. The maximum absolute atomic E-state index is 12.5. The van der Waals surface area contributed by atoms with E-state index in [0.29, 0.717) is 31.7 Å². The van der Waals surface area contributed by atoms with Crippen molar-refractivity contribution >= 4 is 17.9 Å². The minimum Gasteiger partial charge on any atom is -0.444 e. The highest BCUT2D eigenvalue weighted by Gasteiger charge is 2.23. The number of hydrogen-bond acceptors (Lipinski definition) is 5. The van der Waals surface area contributed by atoms with Crippen molar-refractivity contribution in [2.24, 2.45) is 0 Å². The number of nitrogens with zero attached hydrogens (tertiary/aromatic N) is 3. The van der Waals surface area contributed by atoms with Gasteiger partial charge in [-0.2, -0.15) is 0 Å². The van der Waals surface area contributed by atoms with Crippen LogP contribution in [0.15, 0.2) is 24.5 Å². The SMILES string of the molecule is CC(C)(C)OC(=O)NCCC(=O)N1CCCN(C(=O)c2cccnc2)CC1. The number of amides is 3. The van der Waals surface area contributed by atoms with Crippen LogP contribution in [0.2, 0.25) is 0 Å². The lowest BCUT2D eigenvalue weighted by Gasteiger charge is -2.23. The first-order valence-corrected chi connectivity index (χ1v) is 9.20. The summed E-state index contributed by atoms with van der Waals surface area (Å²) in [6.07, 6.45) is 3.58. The number of hydrogen-bond donors (Lipinski definition) is 1. The van der Waals surface area contributed by atoms with Crippen LogP contribution in [-0.4, -0.2) is 71.0 Å². The Kier molecular flexibility index (Phi) is 7.15. The molecule has 27 heavy (non-hydrogen) atoms. The smallest absolute Gasteiger partial charge is 0.407 e. The van der Waals surface area contributed by atoms with Gasteiger partial charge < -0.3 is 19.9 Å². The van der Waals surface area contributed by atoms with Gasteiger partial charge in [-0.05, 0) is 39.3 Å². The number of ether oxygens (including phenoxy) is 1. The second-order valence-electron chi connectivity index (χ2n) is 7.45. The molecule has 1 aromatic rings. The van der Waals surface area contributed by atoms with Gasteiger partial charge in [-0.1, -0.05) is 0 Å². The number of carbonyl (C=O) groups excluding carboxylic acids is 3. The van der Waals surface area contributed by atoms with E-state index in [9.17, 15) is 14.4 Å². The van der Waals surface area contributed by atoms with E-state index in [2.05, 4.69) is 10.3 Å². The summed E-state index contributed by atoms with van der Waals surface area (Å²) in [5.41, 5.74) is -0.0118. The highest BCUT2D eigenvalue weighted by molar-refractivity contribution is 5.94. The van der Waals surface area contributed by atoms with E-state index in [1.807, 2.05) is 0 Å². The summed E-state index contributed by atoms with van der Waals surface area (Å²) in [7, 11) is 0. The highest BCUT2D eigenvalue weighted by Crippen LogP contribution is 2.10. The van der Waals surface area contributed by atoms with E-state index < -0.39 is 11.7 Å². The van der Waals surface area contributed by atoms with Gasteiger partial charge in [0.2, 0.25) is 5.91 Å². The van der Waals surface area contributed by atoms with E-state index in [1.54, 1.807) is 55.1 Å². The lowest BCUT2D eigenvalue weighted by molar-refractivity contribution is -0.130. The summed E-state index contributed by atoms with van der Waals surface area (Å²) in [5, 5.41) is 2.59. The third-order valence-corrected chi connectivity index (χ3v) is 4.05. The highest BCUT2D eigenvalue weighted by atomic mass is 16.6. The van der Waals surface area contributed by atoms with Gasteiger partial charge in [-0.15, -0.1) is 0 Å². The first-order valence-electron chi connectivity index (χ1n) is 9.20. The zero-order chi connectivity index (χ0) is 19.9. The standard InChI is InChI=1S/C19H28N4O4/c1-19(2,3)27-18(26)21-9-7-16(24)22-10-5-11-23(13-12-22)17(25)15-6-4-8-20-14-15/h4,6,8,14H,5,7,9-13H2,1-3H3,(H,21,26). The molecular weight excluding hydrogens is 348 g/mol. The molecule has 0 atom stereocenters. The van der Waals surface area contributed by atoms with Crippen molar-refractivity contribution in [2.45, 2.75) is 39.2 Å². The van der Waals surface area contributed by atoms with Crippen LogP contribution in [0, 0.1) is 0 Å². The predicted octanol–water partition coefficient (Wildman–Crippen LogP) is 1.67. The van der Waals surface area contributed by atoms with Gasteiger partial charge in [-0.3, -0.25) is 14.6 Å². The first kappa shape index (κ1) is 20.7. The Morgan fingerprint density at radius 2 is 1.85 bits per heavy atom. The Labute approximate surface area is 159 Å². The average Bonchev–Trinajstić information content (AvgIpc) is 2.86. The Balaban J connectivity index is 1.77. The quantitative estimate of drug-likeness (QED) is 0.863. The summed E-state index contributed by atoms with van der Waals surface area (Å²) < 4.78 is 5.14. The molecule has 1 aliphatic rings. The largest absolute Gasteiger partial charge is 0.444 e. The second kappa shape index (κ2) is 9.34. The summed E-state index contributed by atoms with van der Waals surface area (Å²) in [5.74, 6) is -0.106. The molecule has 0 radical (unpaired) electrons. The van der Waals surface area contributed by atoms with Crippen molar-refractivity contribution in [3.8, 4) is 0 Å². The Bertz CT molecular complexity index is 657. The fourth-order valence-electron chi connectivity index (χ4n) is 2.79. The predicted molar refractivity (Wildman–Crippen MR) is 100 cm³/mol. The van der Waals surface area contributed by atoms with Crippen molar-refractivity contribution in [1.29, 1.82) is 0 Å². The maximum Gasteiger partial charge on any atom is 0.407 e. The van der Waals surface area contributed by atoms with Crippen LogP contribution in [0.3, 0.4) is 0 Å². The molecule has 0 aliphatic carbocycles. The summed E-state index contributed by atoms with van der Waals surface area (Å²) in [6.45, 7) is 7.75. The molecule has 2 heterocycles. The molecule has 8 heteroatoms. The molecule has 148 valence electrons. The van der Waals surface area contributed by atoms with Crippen molar-refractivity contribution in [2.75, 3.05) is 32.7 Å². The van der Waals surface area contributed by atoms with Gasteiger partial charge in [0.15, 0.2) is 0 Å². The van der Waals surface area contributed by atoms with Crippen LogP contribution in [0.4, 0.5) is 4.79 Å². The molecule has 0 bridgehead atoms. The normalized spacial score (nSPS) is 15.1. The topological polar surface area (TPSA) is 91.8 Å². The first-order chi connectivity index (χ1) is 12.8. The van der Waals surface area contributed by atoms with E-state index in [4.69, 9.17) is 4.74 Å². The number of nitrogens with one attached hydrogen (secondary N) is 1. The molecule has 0 unspecified atom stereocenters. The van der Waals surface area contributed by atoms with Gasteiger partial charge >= 0.3 is 6.09 Å². The Morgan fingerprint density at radius 3 is 2.52 bits per heavy atom. The zero-order valence-corrected chi connectivity index (χ0v) is 16.2. The van der Waals surface area contributed by atoms with Gasteiger partial charge in [0.25, 0.3) is 5.91 Å². The second-order valence-corrected chi connectivity index (χ2v) is 7.45. The van der Waals surface area contributed by atoms with Crippen molar-refractivity contribution in [1.82, 2.24) is 20.1 Å². The Morgan fingerprint density at radius 1 is 1.15 bits per heavy atom.